The highest BCUT2D eigenvalue weighted by atomic mass is 31.2. The van der Waals surface area contributed by atoms with E-state index in [9.17, 15) is 0 Å². The lowest BCUT2D eigenvalue weighted by Gasteiger charge is -1.97. The van der Waals surface area contributed by atoms with Gasteiger partial charge in [-0.1, -0.05) is 65.2 Å². The molecule has 8 nitrogen and oxygen atoms in total. The lowest BCUT2D eigenvalue weighted by Crippen LogP contribution is -1.77. The lowest BCUT2D eigenvalue weighted by atomic mass is 10.1. The highest BCUT2D eigenvalue weighted by Gasteiger charge is 2.00. The van der Waals surface area contributed by atoms with Crippen molar-refractivity contribution in [1.29, 1.82) is 0 Å². The molecule has 0 aliphatic heterocycles. The molecule has 20 heavy (non-hydrogen) atoms. The van der Waals surface area contributed by atoms with E-state index >= 15 is 0 Å². The summed E-state index contributed by atoms with van der Waals surface area (Å²) in [6.45, 7) is 4.54. The molecule has 126 valence electrons. The Morgan fingerprint density at radius 2 is 0.700 bits per heavy atom. The van der Waals surface area contributed by atoms with E-state index in [0.29, 0.717) is 0 Å². The van der Waals surface area contributed by atoms with Crippen LogP contribution in [0.15, 0.2) is 0 Å². The predicted octanol–water partition coefficient (Wildman–Crippen LogP) is 2.29. The van der Waals surface area contributed by atoms with Crippen LogP contribution in [0.3, 0.4) is 0 Å². The molecule has 0 atom stereocenters. The molecule has 0 fully saturated rings. The van der Waals surface area contributed by atoms with Gasteiger partial charge in [0, 0.05) is 0 Å². The Bertz CT molecular complexity index is 228. The van der Waals surface area contributed by atoms with Crippen molar-refractivity contribution in [3.8, 4) is 0 Å². The molecule has 6 N–H and O–H groups in total. The third-order valence-corrected chi connectivity index (χ3v) is 1.96. The summed E-state index contributed by atoms with van der Waals surface area (Å²) in [5.41, 5.74) is 0. The zero-order chi connectivity index (χ0) is 16.7. The first-order valence-electron chi connectivity index (χ1n) is 6.48. The Kier molecular flexibility index (Phi) is 19.7. The maximum Gasteiger partial charge on any atom is 0.466 e. The first-order chi connectivity index (χ1) is 8.91. The molecular formula is C10H28O8P2. The lowest BCUT2D eigenvalue weighted by molar-refractivity contribution is 0.272. The van der Waals surface area contributed by atoms with Gasteiger partial charge in [0.15, 0.2) is 0 Å². The molecule has 10 heteroatoms. The van der Waals surface area contributed by atoms with Gasteiger partial charge in [0.25, 0.3) is 0 Å². The first-order valence-corrected chi connectivity index (χ1v) is 9.61. The van der Waals surface area contributed by atoms with E-state index in [-0.39, 0.29) is 0 Å². The molecule has 0 spiro atoms. The molecule has 0 aliphatic carbocycles. The molecule has 0 aromatic heterocycles. The molecule has 0 aliphatic rings. The fourth-order valence-corrected chi connectivity index (χ4v) is 1.21. The van der Waals surface area contributed by atoms with Crippen molar-refractivity contribution in [2.75, 3.05) is 0 Å². The Labute approximate surface area is 120 Å². The number of hydrogen-bond acceptors (Lipinski definition) is 2. The van der Waals surface area contributed by atoms with Crippen molar-refractivity contribution < 1.29 is 38.5 Å². The van der Waals surface area contributed by atoms with Crippen LogP contribution < -0.4 is 0 Å². The third kappa shape index (κ3) is 104. The van der Waals surface area contributed by atoms with E-state index in [2.05, 4.69) is 13.8 Å². The second-order valence-electron chi connectivity index (χ2n) is 4.15. The molecular weight excluding hydrogens is 310 g/mol. The summed E-state index contributed by atoms with van der Waals surface area (Å²) in [6.07, 6.45) is 11.5. The smallest absolute Gasteiger partial charge is 0.303 e. The topological polar surface area (TPSA) is 156 Å². The summed E-state index contributed by atoms with van der Waals surface area (Å²) in [6, 6.07) is 0. The van der Waals surface area contributed by atoms with Crippen LogP contribution >= 0.6 is 15.6 Å². The second kappa shape index (κ2) is 15.6. The Hall–Kier alpha value is 0.220. The number of rotatable bonds is 7. The van der Waals surface area contributed by atoms with Gasteiger partial charge in [-0.3, -0.25) is 0 Å². The monoisotopic (exact) mass is 338 g/mol. The normalized spacial score (nSPS) is 11.0. The van der Waals surface area contributed by atoms with Gasteiger partial charge in [0.2, 0.25) is 0 Å². The highest BCUT2D eigenvalue weighted by molar-refractivity contribution is 7.45. The molecule has 0 rings (SSSR count). The van der Waals surface area contributed by atoms with Crippen molar-refractivity contribution in [3.05, 3.63) is 0 Å². The first kappa shape index (κ1) is 25.2. The van der Waals surface area contributed by atoms with Crippen molar-refractivity contribution >= 4 is 15.6 Å². The predicted molar refractivity (Wildman–Crippen MR) is 76.8 cm³/mol. The number of hydrogen-bond donors (Lipinski definition) is 6. The van der Waals surface area contributed by atoms with Crippen LogP contribution in [0.4, 0.5) is 0 Å². The number of unbranched alkanes of at least 4 members (excludes halogenated alkanes) is 7. The van der Waals surface area contributed by atoms with Gasteiger partial charge in [0.1, 0.15) is 0 Å². The minimum absolute atomic E-state index is 1.37. The maximum absolute atomic E-state index is 8.88. The van der Waals surface area contributed by atoms with Gasteiger partial charge in [-0.05, 0) is 0 Å². The van der Waals surface area contributed by atoms with Crippen molar-refractivity contribution in [3.63, 3.8) is 0 Å². The quantitative estimate of drug-likeness (QED) is 0.305. The van der Waals surface area contributed by atoms with Gasteiger partial charge in [-0.25, -0.2) is 9.13 Å². The standard InChI is InChI=1S/C10H22.2H3O4P/c1-3-5-7-9-10-8-6-4-2;2*1-5(2,3)4/h3-10H2,1-2H3;2*(H3,1,2,3,4). The summed E-state index contributed by atoms with van der Waals surface area (Å²) < 4.78 is 17.8. The highest BCUT2D eigenvalue weighted by Crippen LogP contribution is 2.26. The molecule has 0 saturated heterocycles. The second-order valence-corrected chi connectivity index (χ2v) is 6.20. The van der Waals surface area contributed by atoms with Crippen LogP contribution in [-0.2, 0) is 9.13 Å². The molecule has 0 saturated carbocycles. The van der Waals surface area contributed by atoms with Crippen LogP contribution in [0, 0.1) is 0 Å². The van der Waals surface area contributed by atoms with Gasteiger partial charge in [-0.15, -0.1) is 0 Å². The van der Waals surface area contributed by atoms with Crippen molar-refractivity contribution in [2.24, 2.45) is 0 Å². The van der Waals surface area contributed by atoms with Gasteiger partial charge in [-0.2, -0.15) is 0 Å². The van der Waals surface area contributed by atoms with Crippen LogP contribution in [0.1, 0.15) is 65.2 Å². The van der Waals surface area contributed by atoms with Crippen LogP contribution in [-0.4, -0.2) is 29.4 Å². The average Bonchev–Trinajstić information content (AvgIpc) is 2.18. The van der Waals surface area contributed by atoms with Gasteiger partial charge < -0.3 is 29.4 Å². The van der Waals surface area contributed by atoms with E-state index in [1.807, 2.05) is 0 Å². The fourth-order valence-electron chi connectivity index (χ4n) is 1.21. The molecule has 0 heterocycles. The van der Waals surface area contributed by atoms with Crippen LogP contribution in [0.25, 0.3) is 0 Å². The Morgan fingerprint density at radius 3 is 0.850 bits per heavy atom. The fraction of sp³-hybridized carbons (Fsp3) is 1.00. The van der Waals surface area contributed by atoms with E-state index in [1.54, 1.807) is 0 Å². The minimum Gasteiger partial charge on any atom is -0.303 e. The molecule has 0 bridgehead atoms. The van der Waals surface area contributed by atoms with E-state index in [0.717, 1.165) is 0 Å². The molecule has 0 unspecified atom stereocenters. The molecule has 0 amide bonds. The van der Waals surface area contributed by atoms with E-state index < -0.39 is 15.6 Å². The largest absolute Gasteiger partial charge is 0.466 e. The third-order valence-electron chi connectivity index (χ3n) is 1.96. The summed E-state index contributed by atoms with van der Waals surface area (Å²) >= 11 is 0. The zero-order valence-electron chi connectivity index (χ0n) is 12.1. The Morgan fingerprint density at radius 1 is 0.550 bits per heavy atom. The van der Waals surface area contributed by atoms with Crippen LogP contribution in [0.5, 0.6) is 0 Å². The number of phosphoric acid groups is 2. The molecule has 0 aromatic carbocycles. The summed E-state index contributed by atoms with van der Waals surface area (Å²) in [5.74, 6) is 0. The SMILES string of the molecule is CCCCCCCCCC.O=P(O)(O)O.O=P(O)(O)O. The molecule has 0 radical (unpaired) electrons. The minimum atomic E-state index is -4.64. The Balaban J connectivity index is -0.000000244. The van der Waals surface area contributed by atoms with Gasteiger partial charge in [0.05, 0.1) is 0 Å². The average molecular weight is 338 g/mol. The maximum atomic E-state index is 8.88. The summed E-state index contributed by atoms with van der Waals surface area (Å²) in [7, 11) is -9.28. The van der Waals surface area contributed by atoms with Gasteiger partial charge >= 0.3 is 15.6 Å². The zero-order valence-corrected chi connectivity index (χ0v) is 13.8. The van der Waals surface area contributed by atoms with E-state index in [1.165, 1.54) is 51.4 Å². The summed E-state index contributed by atoms with van der Waals surface area (Å²) in [4.78, 5) is 43.1. The molecule has 0 aromatic rings. The van der Waals surface area contributed by atoms with Crippen molar-refractivity contribution in [1.82, 2.24) is 0 Å². The van der Waals surface area contributed by atoms with E-state index in [4.69, 9.17) is 38.5 Å². The summed E-state index contributed by atoms with van der Waals surface area (Å²) in [5, 5.41) is 0. The van der Waals surface area contributed by atoms with Crippen molar-refractivity contribution in [2.45, 2.75) is 65.2 Å². The van der Waals surface area contributed by atoms with Crippen LogP contribution in [0.2, 0.25) is 0 Å².